The van der Waals surface area contributed by atoms with Crippen LogP contribution in [0.5, 0.6) is 5.75 Å². The molecule has 0 N–H and O–H groups in total. The highest BCUT2D eigenvalue weighted by molar-refractivity contribution is 5.78. The first-order valence-corrected chi connectivity index (χ1v) is 6.40. The highest BCUT2D eigenvalue weighted by Gasteiger charge is 2.30. The fraction of sp³-hybridized carbons (Fsp3) is 0.125. The molecule has 2 aromatic carbocycles. The second kappa shape index (κ2) is 5.36. The van der Waals surface area contributed by atoms with Crippen LogP contribution in [0.25, 0.3) is 11.0 Å². The minimum Gasteiger partial charge on any atom is -0.486 e. The molecule has 0 aliphatic rings. The Bertz CT molecular complexity index is 805. The van der Waals surface area contributed by atoms with Crippen molar-refractivity contribution in [3.63, 3.8) is 0 Å². The topological polar surface area (TPSA) is 22.4 Å². The monoisotopic (exact) mass is 310 g/mol. The number of hydrogen-bond acceptors (Lipinski definition) is 2. The molecule has 1 heterocycles. The van der Waals surface area contributed by atoms with E-state index < -0.39 is 17.6 Å². The standard InChI is InChI=1S/C16H10F4O2/c17-14-5-2-6-15-13(14)8-12(22-15)9-21-11-4-1-3-10(7-11)16(18,19)20/h1-8H,9H2. The molecule has 0 fully saturated rings. The molecule has 1 aromatic heterocycles. The molecule has 0 saturated carbocycles. The van der Waals surface area contributed by atoms with E-state index in [4.69, 9.17) is 9.15 Å². The van der Waals surface area contributed by atoms with Crippen LogP contribution in [0, 0.1) is 5.82 Å². The summed E-state index contributed by atoms with van der Waals surface area (Å²) in [6, 6.07) is 10.4. The van der Waals surface area contributed by atoms with E-state index in [0.717, 1.165) is 12.1 Å². The summed E-state index contributed by atoms with van der Waals surface area (Å²) in [5.74, 6) is -0.0279. The maximum atomic E-state index is 13.5. The van der Waals surface area contributed by atoms with Crippen LogP contribution in [-0.2, 0) is 12.8 Å². The second-order valence-corrected chi connectivity index (χ2v) is 4.68. The number of fused-ring (bicyclic) bond motifs is 1. The van der Waals surface area contributed by atoms with Gasteiger partial charge in [0.05, 0.1) is 10.9 Å². The Labute approximate surface area is 122 Å². The number of furan rings is 1. The van der Waals surface area contributed by atoms with Gasteiger partial charge in [-0.05, 0) is 36.4 Å². The fourth-order valence-corrected chi connectivity index (χ4v) is 2.07. The lowest BCUT2D eigenvalue weighted by molar-refractivity contribution is -0.137. The lowest BCUT2D eigenvalue weighted by Gasteiger charge is -2.09. The van der Waals surface area contributed by atoms with Gasteiger partial charge in [0.2, 0.25) is 0 Å². The van der Waals surface area contributed by atoms with Crippen molar-refractivity contribution in [2.75, 3.05) is 0 Å². The van der Waals surface area contributed by atoms with Crippen LogP contribution in [0.2, 0.25) is 0 Å². The van der Waals surface area contributed by atoms with Crippen LogP contribution in [0.15, 0.2) is 52.9 Å². The Morgan fingerprint density at radius 2 is 1.77 bits per heavy atom. The first-order valence-electron chi connectivity index (χ1n) is 6.40. The third kappa shape index (κ3) is 2.90. The molecule has 0 radical (unpaired) electrons. The maximum Gasteiger partial charge on any atom is 0.416 e. The zero-order valence-corrected chi connectivity index (χ0v) is 11.2. The predicted octanol–water partition coefficient (Wildman–Crippen LogP) is 5.17. The quantitative estimate of drug-likeness (QED) is 0.623. The Kier molecular flexibility index (Phi) is 3.52. The summed E-state index contributed by atoms with van der Waals surface area (Å²) in [6.45, 7) is -0.0879. The van der Waals surface area contributed by atoms with Gasteiger partial charge in [0.15, 0.2) is 0 Å². The van der Waals surface area contributed by atoms with Crippen LogP contribution < -0.4 is 4.74 Å². The molecule has 0 bridgehead atoms. The highest BCUT2D eigenvalue weighted by Crippen LogP contribution is 2.31. The number of hydrogen-bond donors (Lipinski definition) is 0. The van der Waals surface area contributed by atoms with Gasteiger partial charge in [-0.3, -0.25) is 0 Å². The maximum absolute atomic E-state index is 13.5. The number of benzene rings is 2. The van der Waals surface area contributed by atoms with Crippen LogP contribution >= 0.6 is 0 Å². The van der Waals surface area contributed by atoms with Gasteiger partial charge in [-0.15, -0.1) is 0 Å². The van der Waals surface area contributed by atoms with Crippen molar-refractivity contribution in [1.82, 2.24) is 0 Å². The van der Waals surface area contributed by atoms with E-state index in [-0.39, 0.29) is 12.4 Å². The first-order chi connectivity index (χ1) is 10.4. The van der Waals surface area contributed by atoms with Crippen molar-refractivity contribution in [2.24, 2.45) is 0 Å². The van der Waals surface area contributed by atoms with Crippen molar-refractivity contribution in [3.8, 4) is 5.75 Å². The van der Waals surface area contributed by atoms with Crippen LogP contribution in [0.1, 0.15) is 11.3 Å². The zero-order chi connectivity index (χ0) is 15.7. The molecule has 3 aromatic rings. The molecule has 0 saturated heterocycles. The Morgan fingerprint density at radius 1 is 1.00 bits per heavy atom. The normalized spacial score (nSPS) is 11.8. The summed E-state index contributed by atoms with van der Waals surface area (Å²) in [5.41, 5.74) is -0.428. The third-order valence-electron chi connectivity index (χ3n) is 3.10. The summed E-state index contributed by atoms with van der Waals surface area (Å²) in [6.07, 6.45) is -4.43. The summed E-state index contributed by atoms with van der Waals surface area (Å²) < 4.78 is 62.0. The van der Waals surface area contributed by atoms with E-state index in [1.165, 1.54) is 30.3 Å². The van der Waals surface area contributed by atoms with Crippen molar-refractivity contribution >= 4 is 11.0 Å². The van der Waals surface area contributed by atoms with Crippen molar-refractivity contribution in [3.05, 3.63) is 65.7 Å². The molecule has 114 valence electrons. The van der Waals surface area contributed by atoms with Crippen LogP contribution in [-0.4, -0.2) is 0 Å². The second-order valence-electron chi connectivity index (χ2n) is 4.68. The smallest absolute Gasteiger partial charge is 0.416 e. The van der Waals surface area contributed by atoms with Crippen molar-refractivity contribution in [2.45, 2.75) is 12.8 Å². The summed E-state index contributed by atoms with van der Waals surface area (Å²) in [7, 11) is 0. The van der Waals surface area contributed by atoms with Crippen molar-refractivity contribution in [1.29, 1.82) is 0 Å². The number of rotatable bonds is 3. The average Bonchev–Trinajstić information content (AvgIpc) is 2.89. The minimum atomic E-state index is -4.43. The zero-order valence-electron chi connectivity index (χ0n) is 11.2. The van der Waals surface area contributed by atoms with E-state index in [1.54, 1.807) is 6.07 Å². The Morgan fingerprint density at radius 3 is 2.50 bits per heavy atom. The van der Waals surface area contributed by atoms with Gasteiger partial charge in [-0.1, -0.05) is 12.1 Å². The largest absolute Gasteiger partial charge is 0.486 e. The number of ether oxygens (including phenoxy) is 1. The van der Waals surface area contributed by atoms with E-state index >= 15 is 0 Å². The molecule has 0 aliphatic carbocycles. The third-order valence-corrected chi connectivity index (χ3v) is 3.10. The summed E-state index contributed by atoms with van der Waals surface area (Å²) >= 11 is 0. The lowest BCUT2D eigenvalue weighted by Crippen LogP contribution is -2.05. The minimum absolute atomic E-state index is 0.0655. The average molecular weight is 310 g/mol. The SMILES string of the molecule is Fc1cccc2oc(COc3cccc(C(F)(F)F)c3)cc12. The summed E-state index contributed by atoms with van der Waals surface area (Å²) in [4.78, 5) is 0. The molecule has 0 spiro atoms. The number of halogens is 4. The van der Waals surface area contributed by atoms with Gasteiger partial charge in [0.1, 0.15) is 29.5 Å². The fourth-order valence-electron chi connectivity index (χ4n) is 2.07. The van der Waals surface area contributed by atoms with Crippen LogP contribution in [0.4, 0.5) is 17.6 Å². The van der Waals surface area contributed by atoms with Gasteiger partial charge < -0.3 is 9.15 Å². The van der Waals surface area contributed by atoms with Crippen molar-refractivity contribution < 1.29 is 26.7 Å². The van der Waals surface area contributed by atoms with E-state index in [2.05, 4.69) is 0 Å². The van der Waals surface area contributed by atoms with Gasteiger partial charge in [-0.25, -0.2) is 4.39 Å². The Hall–Kier alpha value is -2.50. The molecule has 3 rings (SSSR count). The molecule has 0 unspecified atom stereocenters. The molecule has 0 aliphatic heterocycles. The molecule has 2 nitrogen and oxygen atoms in total. The first kappa shape index (κ1) is 14.4. The van der Waals surface area contributed by atoms with Gasteiger partial charge in [0.25, 0.3) is 0 Å². The van der Waals surface area contributed by atoms with E-state index in [1.807, 2.05) is 0 Å². The highest BCUT2D eigenvalue weighted by atomic mass is 19.4. The molecular weight excluding hydrogens is 300 g/mol. The molecule has 0 atom stereocenters. The molecule has 22 heavy (non-hydrogen) atoms. The molecule has 6 heteroatoms. The Balaban J connectivity index is 1.78. The molecular formula is C16H10F4O2. The van der Waals surface area contributed by atoms with Gasteiger partial charge in [0, 0.05) is 0 Å². The number of alkyl halides is 3. The molecule has 0 amide bonds. The van der Waals surface area contributed by atoms with Crippen LogP contribution in [0.3, 0.4) is 0 Å². The predicted molar refractivity (Wildman–Crippen MR) is 71.9 cm³/mol. The lowest BCUT2D eigenvalue weighted by atomic mass is 10.2. The summed E-state index contributed by atoms with van der Waals surface area (Å²) in [5, 5.41) is 0.310. The van der Waals surface area contributed by atoms with E-state index in [0.29, 0.717) is 16.7 Å². The van der Waals surface area contributed by atoms with Gasteiger partial charge >= 0.3 is 6.18 Å². The van der Waals surface area contributed by atoms with E-state index in [9.17, 15) is 17.6 Å². The van der Waals surface area contributed by atoms with Gasteiger partial charge in [-0.2, -0.15) is 13.2 Å².